The highest BCUT2D eigenvalue weighted by atomic mass is 35.5. The van der Waals surface area contributed by atoms with Crippen molar-refractivity contribution in [2.24, 2.45) is 0 Å². The topological polar surface area (TPSA) is 111 Å². The molecule has 3 N–H and O–H groups in total. The molecule has 1 saturated heterocycles. The maximum atomic E-state index is 12.4. The van der Waals surface area contributed by atoms with Crippen LogP contribution in [-0.2, 0) is 6.54 Å². The van der Waals surface area contributed by atoms with Crippen LogP contribution in [0.4, 0.5) is 5.69 Å². The van der Waals surface area contributed by atoms with E-state index in [1.165, 1.54) is 18.0 Å². The summed E-state index contributed by atoms with van der Waals surface area (Å²) in [5.41, 5.74) is -0.156. The van der Waals surface area contributed by atoms with E-state index in [2.05, 4.69) is 20.9 Å². The number of aromatic nitrogens is 3. The molecule has 1 amide bonds. The summed E-state index contributed by atoms with van der Waals surface area (Å²) in [4.78, 5) is 12.4. The number of anilines is 1. The minimum absolute atomic E-state index is 0. The van der Waals surface area contributed by atoms with Gasteiger partial charge in [0.25, 0.3) is 5.91 Å². The number of halogens is 1. The van der Waals surface area contributed by atoms with E-state index in [9.17, 15) is 9.90 Å². The number of rotatable bonds is 6. The Bertz CT molecular complexity index is 776. The van der Waals surface area contributed by atoms with Crippen LogP contribution in [0.5, 0.6) is 11.5 Å². The Morgan fingerprint density at radius 3 is 2.74 bits per heavy atom. The second-order valence-corrected chi connectivity index (χ2v) is 6.30. The summed E-state index contributed by atoms with van der Waals surface area (Å²) in [6, 6.07) is 5.10. The van der Waals surface area contributed by atoms with E-state index in [4.69, 9.17) is 9.47 Å². The molecule has 3 rings (SSSR count). The lowest BCUT2D eigenvalue weighted by Crippen LogP contribution is -2.44. The summed E-state index contributed by atoms with van der Waals surface area (Å²) in [6.07, 6.45) is 2.81. The zero-order chi connectivity index (χ0) is 18.6. The van der Waals surface area contributed by atoms with Gasteiger partial charge in [-0.05, 0) is 38.1 Å². The van der Waals surface area contributed by atoms with Crippen molar-refractivity contribution in [1.82, 2.24) is 20.3 Å². The number of piperidine rings is 1. The normalized spacial score (nSPS) is 15.5. The molecule has 2 heterocycles. The second-order valence-electron chi connectivity index (χ2n) is 6.30. The van der Waals surface area contributed by atoms with E-state index in [1.807, 2.05) is 0 Å². The molecule has 0 radical (unpaired) electrons. The van der Waals surface area contributed by atoms with Gasteiger partial charge >= 0.3 is 0 Å². The monoisotopic (exact) mass is 397 g/mol. The van der Waals surface area contributed by atoms with Gasteiger partial charge in [0.2, 0.25) is 0 Å². The van der Waals surface area contributed by atoms with Gasteiger partial charge < -0.3 is 25.2 Å². The van der Waals surface area contributed by atoms with Gasteiger partial charge in [-0.3, -0.25) is 4.79 Å². The Labute approximate surface area is 163 Å². The van der Waals surface area contributed by atoms with Crippen LogP contribution < -0.4 is 20.1 Å². The van der Waals surface area contributed by atoms with Crippen LogP contribution in [0.1, 0.15) is 23.3 Å². The van der Waals surface area contributed by atoms with Crippen LogP contribution in [0.3, 0.4) is 0 Å². The molecule has 2 aromatic rings. The molecule has 0 aliphatic carbocycles. The average molecular weight is 398 g/mol. The molecule has 0 spiro atoms. The predicted molar refractivity (Wildman–Crippen MR) is 102 cm³/mol. The first kappa shape index (κ1) is 20.9. The van der Waals surface area contributed by atoms with Crippen molar-refractivity contribution in [1.29, 1.82) is 0 Å². The van der Waals surface area contributed by atoms with Crippen molar-refractivity contribution in [3.8, 4) is 11.5 Å². The fraction of sp³-hybridized carbons (Fsp3) is 0.471. The summed E-state index contributed by atoms with van der Waals surface area (Å²) >= 11 is 0. The van der Waals surface area contributed by atoms with Gasteiger partial charge in [0.05, 0.1) is 38.2 Å². The number of ether oxygens (including phenoxy) is 2. The molecule has 0 unspecified atom stereocenters. The summed E-state index contributed by atoms with van der Waals surface area (Å²) < 4.78 is 11.9. The van der Waals surface area contributed by atoms with Gasteiger partial charge in [-0.2, -0.15) is 0 Å². The number of hydrogen-bond acceptors (Lipinski definition) is 7. The highest BCUT2D eigenvalue weighted by Crippen LogP contribution is 2.29. The number of nitrogens with one attached hydrogen (secondary N) is 2. The Hall–Kier alpha value is -2.36. The molecule has 9 nitrogen and oxygen atoms in total. The van der Waals surface area contributed by atoms with E-state index in [0.29, 0.717) is 36.6 Å². The largest absolute Gasteiger partial charge is 0.497 e. The first-order chi connectivity index (χ1) is 12.5. The number of methoxy groups -OCH3 is 2. The van der Waals surface area contributed by atoms with Gasteiger partial charge in [-0.25, -0.2) is 4.68 Å². The fourth-order valence-electron chi connectivity index (χ4n) is 2.92. The molecule has 1 fully saturated rings. The Morgan fingerprint density at radius 2 is 2.07 bits per heavy atom. The molecule has 27 heavy (non-hydrogen) atoms. The number of nitrogens with zero attached hydrogens (tertiary/aromatic N) is 3. The van der Waals surface area contributed by atoms with Crippen LogP contribution in [0.25, 0.3) is 0 Å². The van der Waals surface area contributed by atoms with E-state index in [-0.39, 0.29) is 18.1 Å². The van der Waals surface area contributed by atoms with E-state index < -0.39 is 11.5 Å². The molecule has 148 valence electrons. The van der Waals surface area contributed by atoms with Gasteiger partial charge in [0.15, 0.2) is 5.69 Å². The quantitative estimate of drug-likeness (QED) is 0.669. The molecule has 0 bridgehead atoms. The minimum Gasteiger partial charge on any atom is -0.497 e. The molecule has 0 saturated carbocycles. The van der Waals surface area contributed by atoms with Gasteiger partial charge in [-0.15, -0.1) is 17.5 Å². The summed E-state index contributed by atoms with van der Waals surface area (Å²) in [5.74, 6) is 0.701. The highest BCUT2D eigenvalue weighted by Gasteiger charge is 2.30. The van der Waals surface area contributed by atoms with E-state index >= 15 is 0 Å². The molecule has 10 heteroatoms. The summed E-state index contributed by atoms with van der Waals surface area (Å²) in [5, 5.41) is 24.4. The minimum atomic E-state index is -0.827. The lowest BCUT2D eigenvalue weighted by atomic mass is 9.92. The van der Waals surface area contributed by atoms with E-state index in [1.54, 1.807) is 25.3 Å². The lowest BCUT2D eigenvalue weighted by Gasteiger charge is -2.32. The first-order valence-corrected chi connectivity index (χ1v) is 8.39. The van der Waals surface area contributed by atoms with Crippen LogP contribution in [-0.4, -0.2) is 58.9 Å². The fourth-order valence-corrected chi connectivity index (χ4v) is 2.92. The predicted octanol–water partition coefficient (Wildman–Crippen LogP) is 1.08. The van der Waals surface area contributed by atoms with Gasteiger partial charge in [0.1, 0.15) is 11.5 Å². The van der Waals surface area contributed by atoms with Crippen LogP contribution in [0.2, 0.25) is 0 Å². The third-order valence-corrected chi connectivity index (χ3v) is 4.42. The maximum absolute atomic E-state index is 12.4. The molecule has 1 aliphatic rings. The number of hydrogen-bond donors (Lipinski definition) is 3. The standard InChI is InChI=1S/C17H23N5O4.ClH/c1-25-12-3-4-13(15(9-12)26-2)19-16(23)14-10-22(21-20-14)11-17(24)5-7-18-8-6-17;/h3-4,9-10,18,24H,5-8,11H2,1-2H3,(H,19,23);1H. The smallest absolute Gasteiger partial charge is 0.277 e. The number of carbonyl (C=O) groups is 1. The average Bonchev–Trinajstić information content (AvgIpc) is 3.10. The Morgan fingerprint density at radius 1 is 1.33 bits per heavy atom. The van der Waals surface area contributed by atoms with Crippen molar-refractivity contribution in [2.75, 3.05) is 32.6 Å². The SMILES string of the molecule is COc1ccc(NC(=O)c2cn(CC3(O)CCNCC3)nn2)c(OC)c1.Cl. The third kappa shape index (κ3) is 5.09. The number of carbonyl (C=O) groups excluding carboxylic acids is 1. The second kappa shape index (κ2) is 9.03. The molecular weight excluding hydrogens is 374 g/mol. The highest BCUT2D eigenvalue weighted by molar-refractivity contribution is 6.03. The zero-order valence-corrected chi connectivity index (χ0v) is 16.1. The van der Waals surface area contributed by atoms with Crippen molar-refractivity contribution >= 4 is 24.0 Å². The number of benzene rings is 1. The Kier molecular flexibility index (Phi) is 7.00. The summed E-state index contributed by atoms with van der Waals surface area (Å²) in [7, 11) is 3.07. The molecule has 1 aromatic carbocycles. The third-order valence-electron chi connectivity index (χ3n) is 4.42. The first-order valence-electron chi connectivity index (χ1n) is 8.39. The van der Waals surface area contributed by atoms with Crippen LogP contribution in [0, 0.1) is 0 Å². The lowest BCUT2D eigenvalue weighted by molar-refractivity contribution is -0.00865. The van der Waals surface area contributed by atoms with Crippen molar-refractivity contribution in [2.45, 2.75) is 25.0 Å². The number of amides is 1. The van der Waals surface area contributed by atoms with Crippen molar-refractivity contribution in [3.05, 3.63) is 30.1 Å². The number of aliphatic hydroxyl groups is 1. The molecule has 1 aliphatic heterocycles. The van der Waals surface area contributed by atoms with E-state index in [0.717, 1.165) is 13.1 Å². The van der Waals surface area contributed by atoms with Crippen molar-refractivity contribution < 1.29 is 19.4 Å². The van der Waals surface area contributed by atoms with Gasteiger partial charge in [-0.1, -0.05) is 5.21 Å². The molecular formula is C17H24ClN5O4. The molecule has 0 atom stereocenters. The Balaban J connectivity index is 0.00000261. The molecule has 1 aromatic heterocycles. The maximum Gasteiger partial charge on any atom is 0.277 e. The zero-order valence-electron chi connectivity index (χ0n) is 15.3. The van der Waals surface area contributed by atoms with Crippen LogP contribution in [0.15, 0.2) is 24.4 Å². The van der Waals surface area contributed by atoms with Crippen molar-refractivity contribution in [3.63, 3.8) is 0 Å². The summed E-state index contributed by atoms with van der Waals surface area (Å²) in [6.45, 7) is 1.83. The van der Waals surface area contributed by atoms with Gasteiger partial charge in [0, 0.05) is 6.07 Å². The van der Waals surface area contributed by atoms with Crippen LogP contribution >= 0.6 is 12.4 Å².